The molecule has 0 aromatic heterocycles. The van der Waals surface area contributed by atoms with Crippen LogP contribution < -0.4 is 9.47 Å². The summed E-state index contributed by atoms with van der Waals surface area (Å²) in [5.74, 6) is 1.27. The molecule has 0 saturated heterocycles. The molecule has 1 aromatic rings. The van der Waals surface area contributed by atoms with E-state index in [-0.39, 0.29) is 6.04 Å². The Labute approximate surface area is 107 Å². The third-order valence-electron chi connectivity index (χ3n) is 2.31. The van der Waals surface area contributed by atoms with Crippen LogP contribution in [0.1, 0.15) is 32.4 Å². The monoisotopic (exact) mass is 253 g/mol. The molecule has 0 aliphatic rings. The second-order valence-electron chi connectivity index (χ2n) is 3.49. The molecule has 0 saturated carbocycles. The molecule has 0 fully saturated rings. The second kappa shape index (κ2) is 6.36. The van der Waals surface area contributed by atoms with Crippen LogP contribution in [0.4, 0.5) is 0 Å². The zero-order valence-corrected chi connectivity index (χ0v) is 11.0. The van der Waals surface area contributed by atoms with Crippen LogP contribution in [-0.4, -0.2) is 13.2 Å². The van der Waals surface area contributed by atoms with E-state index in [9.17, 15) is 0 Å². The summed E-state index contributed by atoms with van der Waals surface area (Å²) in [7, 11) is 0. The molecule has 0 aliphatic heterocycles. The summed E-state index contributed by atoms with van der Waals surface area (Å²) < 4.78 is 10.9. The van der Waals surface area contributed by atoms with Crippen molar-refractivity contribution < 1.29 is 9.47 Å². The maximum absolute atomic E-state index is 7.08. The van der Waals surface area contributed by atoms with Crippen LogP contribution in [0.2, 0.25) is 5.02 Å². The van der Waals surface area contributed by atoms with Gasteiger partial charge in [0.05, 0.1) is 23.8 Å². The van der Waals surface area contributed by atoms with Gasteiger partial charge in [-0.3, -0.25) is 0 Å². The third-order valence-corrected chi connectivity index (χ3v) is 2.60. The van der Waals surface area contributed by atoms with Crippen molar-refractivity contribution in [3.8, 4) is 11.5 Å². The van der Waals surface area contributed by atoms with Crippen LogP contribution in [0.3, 0.4) is 0 Å². The van der Waals surface area contributed by atoms with Gasteiger partial charge in [0, 0.05) is 13.0 Å². The summed E-state index contributed by atoms with van der Waals surface area (Å²) in [4.78, 5) is 3.49. The predicted molar refractivity (Wildman–Crippen MR) is 68.8 cm³/mol. The average molecular weight is 254 g/mol. The van der Waals surface area contributed by atoms with Crippen LogP contribution >= 0.6 is 11.6 Å². The van der Waals surface area contributed by atoms with Gasteiger partial charge in [0.25, 0.3) is 0 Å². The molecule has 0 heterocycles. The molecule has 1 atom stereocenters. The van der Waals surface area contributed by atoms with E-state index in [0.29, 0.717) is 29.7 Å². The first-order valence-corrected chi connectivity index (χ1v) is 5.97. The van der Waals surface area contributed by atoms with Gasteiger partial charge in [-0.2, -0.15) is 0 Å². The Balaban J connectivity index is 3.21. The van der Waals surface area contributed by atoms with Crippen molar-refractivity contribution in [1.29, 1.82) is 0 Å². The molecule has 17 heavy (non-hydrogen) atoms. The van der Waals surface area contributed by atoms with E-state index in [1.165, 1.54) is 0 Å². The fraction of sp³-hybridized carbons (Fsp3) is 0.462. The van der Waals surface area contributed by atoms with Crippen LogP contribution in [0.5, 0.6) is 11.5 Å². The Bertz CT molecular complexity index is 426. The van der Waals surface area contributed by atoms with E-state index in [4.69, 9.17) is 27.6 Å². The van der Waals surface area contributed by atoms with Gasteiger partial charge in [0.2, 0.25) is 6.04 Å². The van der Waals surface area contributed by atoms with Crippen molar-refractivity contribution in [2.45, 2.75) is 26.8 Å². The molecule has 4 heteroatoms. The van der Waals surface area contributed by atoms with E-state index in [2.05, 4.69) is 4.85 Å². The summed E-state index contributed by atoms with van der Waals surface area (Å²) in [5, 5.41) is 0.515. The largest absolute Gasteiger partial charge is 0.493 e. The van der Waals surface area contributed by atoms with Crippen molar-refractivity contribution in [2.24, 2.45) is 0 Å². The zero-order chi connectivity index (χ0) is 12.8. The van der Waals surface area contributed by atoms with E-state index >= 15 is 0 Å². The average Bonchev–Trinajstić information content (AvgIpc) is 2.32. The van der Waals surface area contributed by atoms with Gasteiger partial charge in [-0.25, -0.2) is 6.57 Å². The minimum absolute atomic E-state index is 0.273. The molecule has 0 radical (unpaired) electrons. The number of benzene rings is 1. The quantitative estimate of drug-likeness (QED) is 0.737. The van der Waals surface area contributed by atoms with Gasteiger partial charge in [-0.05, 0) is 19.9 Å². The number of ether oxygens (including phenoxy) is 2. The van der Waals surface area contributed by atoms with Gasteiger partial charge < -0.3 is 14.3 Å². The van der Waals surface area contributed by atoms with Crippen molar-refractivity contribution in [2.75, 3.05) is 13.2 Å². The van der Waals surface area contributed by atoms with Crippen molar-refractivity contribution in [3.63, 3.8) is 0 Å². The van der Waals surface area contributed by atoms with Crippen LogP contribution in [0, 0.1) is 6.57 Å². The fourth-order valence-corrected chi connectivity index (χ4v) is 1.72. The number of hydrogen-bond acceptors (Lipinski definition) is 2. The fourth-order valence-electron chi connectivity index (χ4n) is 1.49. The molecular weight excluding hydrogens is 238 g/mol. The molecule has 1 rings (SSSR count). The Hall–Kier alpha value is -1.40. The number of hydrogen-bond donors (Lipinski definition) is 0. The predicted octanol–water partition coefficient (Wildman–Crippen LogP) is 4.12. The third kappa shape index (κ3) is 3.28. The lowest BCUT2D eigenvalue weighted by atomic mass is 10.1. The van der Waals surface area contributed by atoms with Crippen molar-refractivity contribution >= 4 is 11.6 Å². The first kappa shape index (κ1) is 13.7. The van der Waals surface area contributed by atoms with Gasteiger partial charge in [-0.1, -0.05) is 11.6 Å². The topological polar surface area (TPSA) is 22.8 Å². The van der Waals surface area contributed by atoms with Crippen LogP contribution in [0.25, 0.3) is 4.85 Å². The molecule has 0 N–H and O–H groups in total. The Morgan fingerprint density at radius 3 is 2.35 bits per heavy atom. The van der Waals surface area contributed by atoms with Crippen molar-refractivity contribution in [3.05, 3.63) is 34.1 Å². The number of rotatable bonds is 5. The van der Waals surface area contributed by atoms with E-state index in [0.717, 1.165) is 5.56 Å². The summed E-state index contributed by atoms with van der Waals surface area (Å²) in [6.45, 7) is 13.8. The molecule has 1 unspecified atom stereocenters. The normalized spacial score (nSPS) is 11.7. The lowest BCUT2D eigenvalue weighted by molar-refractivity contribution is 0.320. The standard InChI is InChI=1S/C13H16ClNO2/c1-5-16-12-8-13(17-6-2)11(14)7-10(12)9(3)15-4/h7-9H,5-6H2,1-3H3. The molecule has 0 bridgehead atoms. The molecule has 92 valence electrons. The summed E-state index contributed by atoms with van der Waals surface area (Å²) >= 11 is 6.10. The maximum atomic E-state index is 7.08. The van der Waals surface area contributed by atoms with E-state index < -0.39 is 0 Å². The molecular formula is C13H16ClNO2. The van der Waals surface area contributed by atoms with Gasteiger partial charge in [0.1, 0.15) is 11.5 Å². The minimum atomic E-state index is -0.273. The van der Waals surface area contributed by atoms with Gasteiger partial charge in [-0.15, -0.1) is 0 Å². The zero-order valence-electron chi connectivity index (χ0n) is 10.3. The highest BCUT2D eigenvalue weighted by atomic mass is 35.5. The van der Waals surface area contributed by atoms with Crippen LogP contribution in [0.15, 0.2) is 12.1 Å². The highest BCUT2D eigenvalue weighted by Gasteiger charge is 2.18. The summed E-state index contributed by atoms with van der Waals surface area (Å²) in [6.07, 6.45) is 0. The Kier molecular flexibility index (Phi) is 5.11. The minimum Gasteiger partial charge on any atom is -0.493 e. The highest BCUT2D eigenvalue weighted by molar-refractivity contribution is 6.32. The first-order valence-electron chi connectivity index (χ1n) is 5.59. The molecule has 3 nitrogen and oxygen atoms in total. The van der Waals surface area contributed by atoms with Gasteiger partial charge in [0.15, 0.2) is 0 Å². The Morgan fingerprint density at radius 1 is 1.24 bits per heavy atom. The molecule has 1 aromatic carbocycles. The highest BCUT2D eigenvalue weighted by Crippen LogP contribution is 2.37. The smallest absolute Gasteiger partial charge is 0.249 e. The number of halogens is 1. The molecule has 0 aliphatic carbocycles. The Morgan fingerprint density at radius 2 is 1.82 bits per heavy atom. The van der Waals surface area contributed by atoms with Crippen LogP contribution in [-0.2, 0) is 0 Å². The van der Waals surface area contributed by atoms with Gasteiger partial charge >= 0.3 is 0 Å². The molecule has 0 spiro atoms. The maximum Gasteiger partial charge on any atom is 0.249 e. The van der Waals surface area contributed by atoms with Crippen molar-refractivity contribution in [1.82, 2.24) is 0 Å². The lowest BCUT2D eigenvalue weighted by Gasteiger charge is -2.13. The molecule has 0 amide bonds. The first-order chi connectivity index (χ1) is 8.13. The number of nitrogens with zero attached hydrogens (tertiary/aromatic N) is 1. The summed E-state index contributed by atoms with van der Waals surface area (Å²) in [5.41, 5.74) is 0.801. The van der Waals surface area contributed by atoms with E-state index in [1.54, 1.807) is 12.1 Å². The summed E-state index contributed by atoms with van der Waals surface area (Å²) in [6, 6.07) is 3.23. The SMILES string of the molecule is [C-]#[N+]C(C)c1cc(Cl)c(OCC)cc1OCC. The lowest BCUT2D eigenvalue weighted by Crippen LogP contribution is -2.00. The second-order valence-corrected chi connectivity index (χ2v) is 3.90. The van der Waals surface area contributed by atoms with E-state index in [1.807, 2.05) is 20.8 Å².